The highest BCUT2D eigenvalue weighted by Gasteiger charge is 2.11. The largest absolute Gasteiger partial charge is 0.351 e. The van der Waals surface area contributed by atoms with Crippen molar-refractivity contribution < 1.29 is 4.79 Å². The molecule has 0 bridgehead atoms. The zero-order chi connectivity index (χ0) is 14.5. The fraction of sp³-hybridized carbons (Fsp3) is 0.200. The van der Waals surface area contributed by atoms with Crippen molar-refractivity contribution in [3.8, 4) is 0 Å². The van der Waals surface area contributed by atoms with Gasteiger partial charge in [-0.05, 0) is 11.6 Å². The van der Waals surface area contributed by atoms with Gasteiger partial charge in [-0.3, -0.25) is 9.59 Å². The molecule has 5 heteroatoms. The summed E-state index contributed by atoms with van der Waals surface area (Å²) in [5.74, 6) is -0.247. The van der Waals surface area contributed by atoms with Gasteiger partial charge in [-0.15, -0.1) is 0 Å². The topological polar surface area (TPSA) is 51.1 Å². The highest BCUT2D eigenvalue weighted by molar-refractivity contribution is 9.09. The lowest BCUT2D eigenvalue weighted by molar-refractivity contribution is 0.0953. The van der Waals surface area contributed by atoms with Crippen molar-refractivity contribution in [1.29, 1.82) is 0 Å². The van der Waals surface area contributed by atoms with Gasteiger partial charge in [0, 0.05) is 31.4 Å². The van der Waals surface area contributed by atoms with Crippen molar-refractivity contribution >= 4 is 21.8 Å². The molecular formula is C15H15BrN2O2. The Hall–Kier alpha value is -1.88. The number of nitrogens with one attached hydrogen (secondary N) is 1. The molecule has 1 N–H and O–H groups in total. The van der Waals surface area contributed by atoms with Gasteiger partial charge in [0.05, 0.1) is 4.83 Å². The van der Waals surface area contributed by atoms with Crippen LogP contribution in [0.4, 0.5) is 0 Å². The van der Waals surface area contributed by atoms with Gasteiger partial charge in [0.25, 0.3) is 11.5 Å². The molecule has 0 spiro atoms. The van der Waals surface area contributed by atoms with E-state index in [4.69, 9.17) is 0 Å². The molecule has 1 unspecified atom stereocenters. The van der Waals surface area contributed by atoms with Gasteiger partial charge >= 0.3 is 0 Å². The zero-order valence-corrected chi connectivity index (χ0v) is 12.6. The second-order valence-electron chi connectivity index (χ2n) is 4.45. The maximum atomic E-state index is 12.0. The molecule has 0 aliphatic rings. The third kappa shape index (κ3) is 3.57. The van der Waals surface area contributed by atoms with Crippen LogP contribution in [0.5, 0.6) is 0 Å². The molecule has 2 aromatic rings. The Morgan fingerprint density at radius 2 is 2.00 bits per heavy atom. The highest BCUT2D eigenvalue weighted by Crippen LogP contribution is 2.21. The first kappa shape index (κ1) is 14.5. The van der Waals surface area contributed by atoms with Crippen LogP contribution in [0.25, 0.3) is 0 Å². The van der Waals surface area contributed by atoms with Gasteiger partial charge in [-0.2, -0.15) is 0 Å². The summed E-state index contributed by atoms with van der Waals surface area (Å²) in [6.07, 6.45) is 1.58. The van der Waals surface area contributed by atoms with E-state index < -0.39 is 0 Å². The molecule has 1 atom stereocenters. The van der Waals surface area contributed by atoms with Crippen molar-refractivity contribution in [2.24, 2.45) is 7.05 Å². The Bertz CT molecular complexity index is 652. The van der Waals surface area contributed by atoms with E-state index in [1.165, 1.54) is 10.6 Å². The Labute approximate surface area is 125 Å². The number of amides is 1. The second-order valence-corrected chi connectivity index (χ2v) is 5.56. The number of hydrogen-bond acceptors (Lipinski definition) is 2. The summed E-state index contributed by atoms with van der Waals surface area (Å²) in [5, 5.41) is 2.81. The van der Waals surface area contributed by atoms with Crippen molar-refractivity contribution in [2.45, 2.75) is 4.83 Å². The van der Waals surface area contributed by atoms with E-state index in [0.29, 0.717) is 12.1 Å². The molecule has 0 saturated heterocycles. The molecule has 4 nitrogen and oxygen atoms in total. The van der Waals surface area contributed by atoms with Gasteiger partial charge in [0.2, 0.25) is 0 Å². The third-order valence-corrected chi connectivity index (χ3v) is 3.82. The van der Waals surface area contributed by atoms with Crippen LogP contribution in [-0.4, -0.2) is 17.0 Å². The molecule has 1 amide bonds. The lowest BCUT2D eigenvalue weighted by atomic mass is 10.1. The number of alkyl halides is 1. The van der Waals surface area contributed by atoms with E-state index in [2.05, 4.69) is 21.2 Å². The predicted octanol–water partition coefficient (Wildman–Crippen LogP) is 2.25. The molecule has 0 saturated carbocycles. The number of rotatable bonds is 4. The molecule has 0 aliphatic carbocycles. The number of aromatic nitrogens is 1. The smallest absolute Gasteiger partial charge is 0.251 e. The average molecular weight is 335 g/mol. The van der Waals surface area contributed by atoms with Crippen molar-refractivity contribution in [1.82, 2.24) is 9.88 Å². The number of benzene rings is 1. The number of pyridine rings is 1. The summed E-state index contributed by atoms with van der Waals surface area (Å²) < 4.78 is 1.42. The summed E-state index contributed by atoms with van der Waals surface area (Å²) in [6, 6.07) is 12.8. The number of nitrogens with zero attached hydrogens (tertiary/aromatic N) is 1. The number of aryl methyl sites for hydroxylation is 1. The van der Waals surface area contributed by atoms with Crippen molar-refractivity contribution in [3.63, 3.8) is 0 Å². The van der Waals surface area contributed by atoms with Crippen molar-refractivity contribution in [2.75, 3.05) is 6.54 Å². The quantitative estimate of drug-likeness (QED) is 0.872. The first-order valence-corrected chi connectivity index (χ1v) is 7.13. The minimum absolute atomic E-state index is 0.0409. The zero-order valence-electron chi connectivity index (χ0n) is 11.0. The Balaban J connectivity index is 1.98. The second kappa shape index (κ2) is 6.52. The highest BCUT2D eigenvalue weighted by atomic mass is 79.9. The van der Waals surface area contributed by atoms with Crippen LogP contribution >= 0.6 is 15.9 Å². The Morgan fingerprint density at radius 3 is 2.65 bits per heavy atom. The molecule has 0 aliphatic heterocycles. The molecule has 1 heterocycles. The van der Waals surface area contributed by atoms with Crippen LogP contribution in [0.1, 0.15) is 20.7 Å². The first-order valence-electron chi connectivity index (χ1n) is 6.22. The summed E-state index contributed by atoms with van der Waals surface area (Å²) in [6.45, 7) is 0.456. The molecule has 104 valence electrons. The molecule has 20 heavy (non-hydrogen) atoms. The fourth-order valence-corrected chi connectivity index (χ4v) is 2.22. The molecular weight excluding hydrogens is 320 g/mol. The van der Waals surface area contributed by atoms with Crippen LogP contribution in [0.2, 0.25) is 0 Å². The number of carbonyl (C=O) groups excluding carboxylic acids is 1. The fourth-order valence-electron chi connectivity index (χ4n) is 1.75. The lowest BCUT2D eigenvalue weighted by Gasteiger charge is -2.11. The van der Waals surface area contributed by atoms with E-state index in [9.17, 15) is 9.59 Å². The molecule has 2 rings (SSSR count). The minimum atomic E-state index is -0.247. The van der Waals surface area contributed by atoms with Gasteiger partial charge in [-0.25, -0.2) is 0 Å². The maximum Gasteiger partial charge on any atom is 0.251 e. The third-order valence-electron chi connectivity index (χ3n) is 2.97. The summed E-state index contributed by atoms with van der Waals surface area (Å²) in [5.41, 5.74) is 1.27. The first-order chi connectivity index (χ1) is 9.58. The van der Waals surface area contributed by atoms with Crippen LogP contribution in [0.3, 0.4) is 0 Å². The van der Waals surface area contributed by atoms with E-state index >= 15 is 0 Å². The van der Waals surface area contributed by atoms with Gasteiger partial charge in [0.15, 0.2) is 0 Å². The summed E-state index contributed by atoms with van der Waals surface area (Å²) >= 11 is 3.53. The maximum absolute atomic E-state index is 12.0. The number of halogens is 1. The normalized spacial score (nSPS) is 11.9. The summed E-state index contributed by atoms with van der Waals surface area (Å²) in [7, 11) is 1.65. The van der Waals surface area contributed by atoms with E-state index in [-0.39, 0.29) is 16.3 Å². The van der Waals surface area contributed by atoms with Gasteiger partial charge in [0.1, 0.15) is 0 Å². The average Bonchev–Trinajstić information content (AvgIpc) is 2.48. The molecule has 0 radical (unpaired) electrons. The number of carbonyl (C=O) groups is 1. The van der Waals surface area contributed by atoms with Crippen LogP contribution < -0.4 is 10.9 Å². The van der Waals surface area contributed by atoms with Gasteiger partial charge in [-0.1, -0.05) is 46.3 Å². The molecule has 0 fully saturated rings. The van der Waals surface area contributed by atoms with Crippen LogP contribution in [-0.2, 0) is 7.05 Å². The van der Waals surface area contributed by atoms with Crippen molar-refractivity contribution in [3.05, 3.63) is 70.1 Å². The number of hydrogen-bond donors (Lipinski definition) is 1. The minimum Gasteiger partial charge on any atom is -0.351 e. The molecule has 1 aromatic carbocycles. The van der Waals surface area contributed by atoms with Crippen LogP contribution in [0.15, 0.2) is 53.5 Å². The van der Waals surface area contributed by atoms with E-state index in [1.54, 1.807) is 19.3 Å². The van der Waals surface area contributed by atoms with E-state index in [0.717, 1.165) is 5.56 Å². The Kier molecular flexibility index (Phi) is 4.74. The standard InChI is InChI=1S/C15H15BrN2O2/c1-18-8-7-12(9-14(18)19)15(20)17-10-13(16)11-5-3-2-4-6-11/h2-9,13H,10H2,1H3,(H,17,20). The Morgan fingerprint density at radius 1 is 1.30 bits per heavy atom. The molecule has 1 aromatic heterocycles. The van der Waals surface area contributed by atoms with Crippen LogP contribution in [0, 0.1) is 0 Å². The predicted molar refractivity (Wildman–Crippen MR) is 82.1 cm³/mol. The van der Waals surface area contributed by atoms with Gasteiger partial charge < -0.3 is 9.88 Å². The summed E-state index contributed by atoms with van der Waals surface area (Å²) in [4.78, 5) is 23.5. The SMILES string of the molecule is Cn1ccc(C(=O)NCC(Br)c2ccccc2)cc1=O. The van der Waals surface area contributed by atoms with E-state index in [1.807, 2.05) is 30.3 Å². The lowest BCUT2D eigenvalue weighted by Crippen LogP contribution is -2.28. The monoisotopic (exact) mass is 334 g/mol.